The molecule has 60 valence electrons. The van der Waals surface area contributed by atoms with Crippen molar-refractivity contribution in [3.63, 3.8) is 0 Å². The van der Waals surface area contributed by atoms with Crippen LogP contribution in [0.25, 0.3) is 0 Å². The number of carbonyl (C=O) groups excluding carboxylic acids is 1. The SMILES string of the molecule is O=C1O[C@H]2C[C@H]3C[C@@H]1[C@@H]2[C@@H]3O. The van der Waals surface area contributed by atoms with Crippen LogP contribution in [-0.4, -0.2) is 23.3 Å². The normalized spacial score (nSPS) is 58.6. The van der Waals surface area contributed by atoms with Gasteiger partial charge in [0.1, 0.15) is 6.10 Å². The van der Waals surface area contributed by atoms with E-state index in [-0.39, 0.29) is 30.0 Å². The minimum Gasteiger partial charge on any atom is -0.462 e. The highest BCUT2D eigenvalue weighted by molar-refractivity contribution is 5.76. The van der Waals surface area contributed by atoms with Crippen molar-refractivity contribution < 1.29 is 14.6 Å². The van der Waals surface area contributed by atoms with E-state index < -0.39 is 0 Å². The molecule has 1 saturated heterocycles. The Morgan fingerprint density at radius 2 is 2.27 bits per heavy atom. The number of aliphatic hydroxyl groups is 1. The van der Waals surface area contributed by atoms with Gasteiger partial charge in [0.05, 0.1) is 12.0 Å². The van der Waals surface area contributed by atoms with E-state index in [1.54, 1.807) is 0 Å². The van der Waals surface area contributed by atoms with Crippen molar-refractivity contribution in [3.8, 4) is 0 Å². The summed E-state index contributed by atoms with van der Waals surface area (Å²) in [4.78, 5) is 11.1. The Balaban J connectivity index is 2.05. The van der Waals surface area contributed by atoms with Crippen molar-refractivity contribution >= 4 is 5.97 Å². The quantitative estimate of drug-likeness (QED) is 0.497. The number of rotatable bonds is 0. The highest BCUT2D eigenvalue weighted by Crippen LogP contribution is 2.54. The molecule has 1 heterocycles. The summed E-state index contributed by atoms with van der Waals surface area (Å²) in [6, 6.07) is 0. The zero-order valence-electron chi connectivity index (χ0n) is 6.06. The summed E-state index contributed by atoms with van der Waals surface area (Å²) in [5.41, 5.74) is 0. The lowest BCUT2D eigenvalue weighted by Crippen LogP contribution is -2.20. The second kappa shape index (κ2) is 1.61. The van der Waals surface area contributed by atoms with Crippen LogP contribution in [0.5, 0.6) is 0 Å². The lowest BCUT2D eigenvalue weighted by molar-refractivity contribution is -0.143. The maximum atomic E-state index is 11.1. The topological polar surface area (TPSA) is 46.5 Å². The molecule has 3 fully saturated rings. The highest BCUT2D eigenvalue weighted by Gasteiger charge is 2.61. The summed E-state index contributed by atoms with van der Waals surface area (Å²) in [5.74, 6) is 0.460. The van der Waals surface area contributed by atoms with E-state index in [0.717, 1.165) is 12.8 Å². The Morgan fingerprint density at radius 1 is 1.45 bits per heavy atom. The number of hydrogen-bond acceptors (Lipinski definition) is 3. The molecule has 1 N–H and O–H groups in total. The maximum Gasteiger partial charge on any atom is 0.309 e. The van der Waals surface area contributed by atoms with Crippen molar-refractivity contribution in [2.45, 2.75) is 25.0 Å². The number of esters is 1. The van der Waals surface area contributed by atoms with Gasteiger partial charge in [-0.05, 0) is 18.8 Å². The summed E-state index contributed by atoms with van der Waals surface area (Å²) in [6.07, 6.45) is 1.56. The molecule has 3 heteroatoms. The second-order valence-corrected chi connectivity index (χ2v) is 3.88. The third-order valence-electron chi connectivity index (χ3n) is 3.43. The fourth-order valence-electron chi connectivity index (χ4n) is 2.96. The van der Waals surface area contributed by atoms with Gasteiger partial charge in [-0.15, -0.1) is 0 Å². The molecule has 3 nitrogen and oxygen atoms in total. The van der Waals surface area contributed by atoms with Crippen LogP contribution in [0.4, 0.5) is 0 Å². The first kappa shape index (κ1) is 6.00. The maximum absolute atomic E-state index is 11.1. The number of carbonyl (C=O) groups is 1. The lowest BCUT2D eigenvalue weighted by atomic mass is 9.90. The largest absolute Gasteiger partial charge is 0.462 e. The van der Waals surface area contributed by atoms with Crippen molar-refractivity contribution in [1.29, 1.82) is 0 Å². The Bertz CT molecular complexity index is 225. The molecule has 0 aromatic heterocycles. The van der Waals surface area contributed by atoms with Crippen molar-refractivity contribution in [2.75, 3.05) is 0 Å². The average molecular weight is 154 g/mol. The van der Waals surface area contributed by atoms with Gasteiger partial charge >= 0.3 is 5.97 Å². The molecule has 0 aromatic carbocycles. The molecule has 11 heavy (non-hydrogen) atoms. The summed E-state index contributed by atoms with van der Waals surface area (Å²) in [6.45, 7) is 0. The molecular weight excluding hydrogens is 144 g/mol. The van der Waals surface area contributed by atoms with E-state index in [1.165, 1.54) is 0 Å². The summed E-state index contributed by atoms with van der Waals surface area (Å²) < 4.78 is 5.11. The Hall–Kier alpha value is -0.570. The highest BCUT2D eigenvalue weighted by atomic mass is 16.6. The Morgan fingerprint density at radius 3 is 2.82 bits per heavy atom. The second-order valence-electron chi connectivity index (χ2n) is 3.88. The van der Waals surface area contributed by atoms with E-state index >= 15 is 0 Å². The van der Waals surface area contributed by atoms with E-state index in [0.29, 0.717) is 5.92 Å². The third kappa shape index (κ3) is 0.527. The average Bonchev–Trinajstić information content (AvgIpc) is 2.47. The number of ether oxygens (including phenoxy) is 1. The van der Waals surface area contributed by atoms with E-state index in [2.05, 4.69) is 0 Å². The monoisotopic (exact) mass is 154 g/mol. The molecule has 2 aliphatic carbocycles. The standard InChI is InChI=1S/C8H10O3/c9-7-3-1-4-6(7)5(2-3)11-8(4)10/h3-7,9H,1-2H2/t3-,4-,5+,6+,7-/m1/s1. The molecule has 0 radical (unpaired) electrons. The van der Waals surface area contributed by atoms with Crippen LogP contribution in [0.1, 0.15) is 12.8 Å². The molecule has 0 aromatic rings. The zero-order chi connectivity index (χ0) is 7.59. The van der Waals surface area contributed by atoms with Gasteiger partial charge in [-0.2, -0.15) is 0 Å². The van der Waals surface area contributed by atoms with Gasteiger partial charge in [0.2, 0.25) is 0 Å². The minimum absolute atomic E-state index is 0.0359. The van der Waals surface area contributed by atoms with Gasteiger partial charge in [0.15, 0.2) is 0 Å². The zero-order valence-corrected chi connectivity index (χ0v) is 6.06. The summed E-state index contributed by atoms with van der Waals surface area (Å²) in [7, 11) is 0. The minimum atomic E-state index is -0.253. The van der Waals surface area contributed by atoms with Crippen LogP contribution in [0, 0.1) is 17.8 Å². The van der Waals surface area contributed by atoms with Gasteiger partial charge in [0, 0.05) is 5.92 Å². The lowest BCUT2D eigenvalue weighted by Gasteiger charge is -2.11. The smallest absolute Gasteiger partial charge is 0.309 e. The number of aliphatic hydroxyl groups excluding tert-OH is 1. The molecule has 2 saturated carbocycles. The van der Waals surface area contributed by atoms with Gasteiger partial charge in [0.25, 0.3) is 0 Å². The molecule has 0 spiro atoms. The molecule has 1 aliphatic heterocycles. The summed E-state index contributed by atoms with van der Waals surface area (Å²) >= 11 is 0. The summed E-state index contributed by atoms with van der Waals surface area (Å²) in [5, 5.41) is 9.60. The Kier molecular flexibility index (Phi) is 0.876. The van der Waals surface area contributed by atoms with Gasteiger partial charge in [-0.1, -0.05) is 0 Å². The van der Waals surface area contributed by atoms with Crippen LogP contribution in [-0.2, 0) is 9.53 Å². The fraction of sp³-hybridized carbons (Fsp3) is 0.875. The van der Waals surface area contributed by atoms with Gasteiger partial charge in [-0.25, -0.2) is 0 Å². The van der Waals surface area contributed by atoms with Crippen LogP contribution < -0.4 is 0 Å². The van der Waals surface area contributed by atoms with Gasteiger partial charge < -0.3 is 9.84 Å². The molecule has 2 bridgehead atoms. The Labute approximate surface area is 64.3 Å². The first-order valence-corrected chi connectivity index (χ1v) is 4.16. The predicted molar refractivity (Wildman–Crippen MR) is 35.6 cm³/mol. The molecule has 3 rings (SSSR count). The van der Waals surface area contributed by atoms with Crippen LogP contribution in [0.15, 0.2) is 0 Å². The number of hydrogen-bond donors (Lipinski definition) is 1. The molecule has 0 amide bonds. The van der Waals surface area contributed by atoms with Crippen molar-refractivity contribution in [2.24, 2.45) is 17.8 Å². The van der Waals surface area contributed by atoms with Crippen molar-refractivity contribution in [1.82, 2.24) is 0 Å². The number of fused-ring (bicyclic) bond motifs is 1. The first-order valence-electron chi connectivity index (χ1n) is 4.16. The van der Waals surface area contributed by atoms with Crippen LogP contribution in [0.2, 0.25) is 0 Å². The van der Waals surface area contributed by atoms with E-state index in [1.807, 2.05) is 0 Å². The fourth-order valence-corrected chi connectivity index (χ4v) is 2.96. The molecular formula is C8H10O3. The molecule has 5 atom stereocenters. The van der Waals surface area contributed by atoms with E-state index in [9.17, 15) is 9.90 Å². The predicted octanol–water partition coefficient (Wildman–Crippen LogP) is -0.0713. The third-order valence-corrected chi connectivity index (χ3v) is 3.43. The van der Waals surface area contributed by atoms with Crippen LogP contribution in [0.3, 0.4) is 0 Å². The molecule has 3 aliphatic rings. The van der Waals surface area contributed by atoms with E-state index in [4.69, 9.17) is 4.74 Å². The van der Waals surface area contributed by atoms with Crippen molar-refractivity contribution in [3.05, 3.63) is 0 Å². The van der Waals surface area contributed by atoms with Gasteiger partial charge in [-0.3, -0.25) is 4.79 Å². The molecule has 0 unspecified atom stereocenters. The first-order chi connectivity index (χ1) is 5.27. The van der Waals surface area contributed by atoms with Crippen LogP contribution >= 0.6 is 0 Å².